The topological polar surface area (TPSA) is 26.0 Å². The summed E-state index contributed by atoms with van der Waals surface area (Å²) < 4.78 is 12.8. The van der Waals surface area contributed by atoms with Gasteiger partial charge in [0, 0.05) is 17.5 Å². The summed E-state index contributed by atoms with van der Waals surface area (Å²) in [6.07, 6.45) is 7.45. The van der Waals surface area contributed by atoms with E-state index >= 15 is 0 Å². The molecule has 0 amide bonds. The van der Waals surface area contributed by atoms with Gasteiger partial charge in [-0.3, -0.25) is 0 Å². The van der Waals surface area contributed by atoms with Gasteiger partial charge < -0.3 is 5.73 Å². The molecular weight excluding hydrogens is 213 g/mol. The first-order chi connectivity index (χ1) is 7.15. The minimum atomic E-state index is -0.348. The maximum absolute atomic E-state index is 12.8. The molecule has 0 radical (unpaired) electrons. The van der Waals surface area contributed by atoms with Gasteiger partial charge in [-0.2, -0.15) is 0 Å². The molecule has 0 aliphatic heterocycles. The van der Waals surface area contributed by atoms with Crippen LogP contribution in [0.5, 0.6) is 0 Å². The van der Waals surface area contributed by atoms with Gasteiger partial charge in [-0.15, -0.1) is 12.3 Å². The molecule has 0 heterocycles. The summed E-state index contributed by atoms with van der Waals surface area (Å²) in [6.45, 7) is 0. The first-order valence-corrected chi connectivity index (χ1v) is 5.17. The van der Waals surface area contributed by atoms with E-state index < -0.39 is 0 Å². The molecule has 0 aromatic heterocycles. The second kappa shape index (κ2) is 5.75. The Bertz CT molecular complexity index is 370. The van der Waals surface area contributed by atoms with Gasteiger partial charge in [-0.05, 0) is 30.5 Å². The molecule has 1 aromatic carbocycles. The highest BCUT2D eigenvalue weighted by Gasteiger charge is 2.10. The van der Waals surface area contributed by atoms with Crippen molar-refractivity contribution >= 4 is 11.6 Å². The van der Waals surface area contributed by atoms with Crippen LogP contribution in [0.3, 0.4) is 0 Å². The Morgan fingerprint density at radius 1 is 1.53 bits per heavy atom. The average molecular weight is 226 g/mol. The van der Waals surface area contributed by atoms with E-state index in [0.29, 0.717) is 11.4 Å². The number of unbranched alkanes of at least 4 members (excludes halogenated alkanes) is 1. The average Bonchev–Trinajstić information content (AvgIpc) is 2.17. The Morgan fingerprint density at radius 2 is 2.27 bits per heavy atom. The molecule has 2 N–H and O–H groups in total. The van der Waals surface area contributed by atoms with Crippen molar-refractivity contribution in [2.75, 3.05) is 0 Å². The van der Waals surface area contributed by atoms with Crippen molar-refractivity contribution in [3.05, 3.63) is 34.6 Å². The third-order valence-electron chi connectivity index (χ3n) is 2.20. The normalized spacial score (nSPS) is 12.1. The van der Waals surface area contributed by atoms with Crippen molar-refractivity contribution in [1.82, 2.24) is 0 Å². The van der Waals surface area contributed by atoms with E-state index in [1.807, 2.05) is 0 Å². The lowest BCUT2D eigenvalue weighted by Gasteiger charge is -2.12. The van der Waals surface area contributed by atoms with Crippen LogP contribution in [0.1, 0.15) is 30.9 Å². The number of nitrogens with two attached hydrogens (primary N) is 1. The summed E-state index contributed by atoms with van der Waals surface area (Å²) in [6, 6.07) is 4.09. The molecule has 0 spiro atoms. The quantitative estimate of drug-likeness (QED) is 0.618. The molecule has 15 heavy (non-hydrogen) atoms. The largest absolute Gasteiger partial charge is 0.324 e. The molecule has 0 saturated heterocycles. The van der Waals surface area contributed by atoms with Gasteiger partial charge in [0.05, 0.1) is 0 Å². The minimum absolute atomic E-state index is 0.175. The molecule has 1 atom stereocenters. The van der Waals surface area contributed by atoms with Gasteiger partial charge in [-0.25, -0.2) is 4.39 Å². The SMILES string of the molecule is C#CCCCC(N)c1ccc(F)cc1Cl. The van der Waals surface area contributed by atoms with Crippen molar-refractivity contribution in [3.8, 4) is 12.3 Å². The maximum atomic E-state index is 12.8. The zero-order valence-corrected chi connectivity index (χ0v) is 9.10. The van der Waals surface area contributed by atoms with E-state index in [0.717, 1.165) is 18.4 Å². The Morgan fingerprint density at radius 3 is 2.87 bits per heavy atom. The van der Waals surface area contributed by atoms with E-state index in [1.54, 1.807) is 6.07 Å². The third kappa shape index (κ3) is 3.54. The van der Waals surface area contributed by atoms with Crippen molar-refractivity contribution in [1.29, 1.82) is 0 Å². The molecule has 1 aromatic rings. The van der Waals surface area contributed by atoms with Crippen molar-refractivity contribution in [2.45, 2.75) is 25.3 Å². The fraction of sp³-hybridized carbons (Fsp3) is 0.333. The molecule has 1 unspecified atom stereocenters. The highest BCUT2D eigenvalue weighted by atomic mass is 35.5. The number of hydrogen-bond acceptors (Lipinski definition) is 1. The van der Waals surface area contributed by atoms with Gasteiger partial charge in [0.15, 0.2) is 0 Å². The number of terminal acetylenes is 1. The predicted molar refractivity (Wildman–Crippen MR) is 61.0 cm³/mol. The zero-order valence-electron chi connectivity index (χ0n) is 8.34. The Labute approximate surface area is 94.4 Å². The van der Waals surface area contributed by atoms with E-state index in [9.17, 15) is 4.39 Å². The van der Waals surface area contributed by atoms with Crippen LogP contribution in [0.15, 0.2) is 18.2 Å². The molecule has 0 saturated carbocycles. The zero-order chi connectivity index (χ0) is 11.3. The summed E-state index contributed by atoms with van der Waals surface area (Å²) in [5, 5.41) is 0.378. The second-order valence-corrected chi connectivity index (χ2v) is 3.78. The maximum Gasteiger partial charge on any atom is 0.124 e. The minimum Gasteiger partial charge on any atom is -0.324 e. The van der Waals surface area contributed by atoms with Crippen LogP contribution in [0.25, 0.3) is 0 Å². The van der Waals surface area contributed by atoms with Gasteiger partial charge in [0.2, 0.25) is 0 Å². The molecular formula is C12H13ClFN. The third-order valence-corrected chi connectivity index (χ3v) is 2.53. The fourth-order valence-corrected chi connectivity index (χ4v) is 1.69. The van der Waals surface area contributed by atoms with E-state index in [1.165, 1.54) is 12.1 Å². The van der Waals surface area contributed by atoms with Crippen LogP contribution >= 0.6 is 11.6 Å². The van der Waals surface area contributed by atoms with E-state index in [4.69, 9.17) is 23.8 Å². The lowest BCUT2D eigenvalue weighted by Crippen LogP contribution is -2.10. The van der Waals surface area contributed by atoms with E-state index in [2.05, 4.69) is 5.92 Å². The van der Waals surface area contributed by atoms with Crippen molar-refractivity contribution < 1.29 is 4.39 Å². The number of rotatable bonds is 4. The monoisotopic (exact) mass is 225 g/mol. The Balaban J connectivity index is 2.66. The summed E-state index contributed by atoms with van der Waals surface area (Å²) in [4.78, 5) is 0. The Kier molecular flexibility index (Phi) is 4.61. The smallest absolute Gasteiger partial charge is 0.124 e. The van der Waals surface area contributed by atoms with Crippen LogP contribution in [0.4, 0.5) is 4.39 Å². The van der Waals surface area contributed by atoms with Gasteiger partial charge >= 0.3 is 0 Å². The standard InChI is InChI=1S/C12H13ClFN/c1-2-3-4-5-12(15)10-7-6-9(14)8-11(10)13/h1,6-8,12H,3-5,15H2. The molecule has 1 nitrogen and oxygen atoms in total. The molecule has 80 valence electrons. The molecule has 0 bridgehead atoms. The van der Waals surface area contributed by atoms with Crippen LogP contribution < -0.4 is 5.73 Å². The second-order valence-electron chi connectivity index (χ2n) is 3.37. The summed E-state index contributed by atoms with van der Waals surface area (Å²) in [5.74, 6) is 2.20. The number of halogens is 2. The van der Waals surface area contributed by atoms with Crippen LogP contribution in [-0.4, -0.2) is 0 Å². The van der Waals surface area contributed by atoms with E-state index in [-0.39, 0.29) is 11.9 Å². The highest BCUT2D eigenvalue weighted by molar-refractivity contribution is 6.31. The molecule has 3 heteroatoms. The number of hydrogen-bond donors (Lipinski definition) is 1. The van der Waals surface area contributed by atoms with Gasteiger partial charge in [0.1, 0.15) is 5.82 Å². The number of benzene rings is 1. The van der Waals surface area contributed by atoms with Crippen molar-refractivity contribution in [3.63, 3.8) is 0 Å². The predicted octanol–water partition coefficient (Wildman–Crippen LogP) is 3.28. The molecule has 0 aliphatic carbocycles. The molecule has 0 fully saturated rings. The summed E-state index contributed by atoms with van der Waals surface area (Å²) >= 11 is 5.88. The summed E-state index contributed by atoms with van der Waals surface area (Å²) in [5.41, 5.74) is 6.68. The van der Waals surface area contributed by atoms with Crippen LogP contribution in [0.2, 0.25) is 5.02 Å². The van der Waals surface area contributed by atoms with Gasteiger partial charge in [-0.1, -0.05) is 17.7 Å². The lowest BCUT2D eigenvalue weighted by atomic mass is 10.0. The first-order valence-electron chi connectivity index (χ1n) is 4.79. The van der Waals surface area contributed by atoms with Crippen LogP contribution in [0, 0.1) is 18.2 Å². The molecule has 0 aliphatic rings. The first kappa shape index (κ1) is 12.0. The summed E-state index contributed by atoms with van der Waals surface area (Å²) in [7, 11) is 0. The fourth-order valence-electron chi connectivity index (χ4n) is 1.38. The van der Waals surface area contributed by atoms with Gasteiger partial charge in [0.25, 0.3) is 0 Å². The highest BCUT2D eigenvalue weighted by Crippen LogP contribution is 2.25. The Hall–Kier alpha value is -1.04. The van der Waals surface area contributed by atoms with Crippen LogP contribution in [-0.2, 0) is 0 Å². The van der Waals surface area contributed by atoms with Crippen molar-refractivity contribution in [2.24, 2.45) is 5.73 Å². The lowest BCUT2D eigenvalue weighted by molar-refractivity contribution is 0.609. The molecule has 1 rings (SSSR count).